The molecule has 0 aliphatic carbocycles. The lowest BCUT2D eigenvalue weighted by molar-refractivity contribution is -0.384. The second-order valence-electron chi connectivity index (χ2n) is 5.15. The zero-order chi connectivity index (χ0) is 15.2. The van der Waals surface area contributed by atoms with Gasteiger partial charge in [-0.05, 0) is 25.0 Å². The van der Waals surface area contributed by atoms with Crippen molar-refractivity contribution in [2.24, 2.45) is 0 Å². The molecule has 2 fully saturated rings. The fraction of sp³-hybridized carbons (Fsp3) is 0.500. The van der Waals surface area contributed by atoms with Crippen molar-refractivity contribution in [3.8, 4) is 0 Å². The molecule has 2 atom stereocenters. The molecule has 0 amide bonds. The minimum absolute atomic E-state index is 0.0824. The number of nitro benzene ring substituents is 1. The van der Waals surface area contributed by atoms with Gasteiger partial charge in [-0.15, -0.1) is 0 Å². The van der Waals surface area contributed by atoms with Gasteiger partial charge in [0, 0.05) is 19.2 Å². The predicted molar refractivity (Wildman–Crippen MR) is 74.8 cm³/mol. The number of nitrogens with zero attached hydrogens (tertiary/aromatic N) is 2. The molecular weight excluding hydrogens is 320 g/mol. The van der Waals surface area contributed by atoms with Crippen LogP contribution in [0.1, 0.15) is 12.8 Å². The van der Waals surface area contributed by atoms with Crippen LogP contribution in [-0.2, 0) is 14.8 Å². The Bertz CT molecular complexity index is 681. The van der Waals surface area contributed by atoms with Crippen molar-refractivity contribution < 1.29 is 18.1 Å². The van der Waals surface area contributed by atoms with Crippen LogP contribution in [0.2, 0.25) is 5.02 Å². The number of nitro groups is 1. The van der Waals surface area contributed by atoms with Gasteiger partial charge < -0.3 is 4.74 Å². The predicted octanol–water partition coefficient (Wildman–Crippen LogP) is 1.80. The molecule has 21 heavy (non-hydrogen) atoms. The summed E-state index contributed by atoms with van der Waals surface area (Å²) in [5.41, 5.74) is -0.408. The molecule has 0 radical (unpaired) electrons. The van der Waals surface area contributed by atoms with E-state index < -0.39 is 20.6 Å². The standard InChI is InChI=1S/C12H13ClN2O5S/c13-11-4-3-10(5-12(11)15(16)17)21(18,19)14-6-8-1-2-9(7-14)20-8/h3-5,8-9H,1-2,6-7H2. The number of benzene rings is 1. The van der Waals surface area contributed by atoms with Gasteiger partial charge in [0.2, 0.25) is 10.0 Å². The van der Waals surface area contributed by atoms with Gasteiger partial charge in [0.1, 0.15) is 5.02 Å². The second kappa shape index (κ2) is 5.20. The number of morpholine rings is 1. The van der Waals surface area contributed by atoms with Crippen molar-refractivity contribution in [3.05, 3.63) is 33.3 Å². The summed E-state index contributed by atoms with van der Waals surface area (Å²) in [6.45, 7) is 0.574. The smallest absolute Gasteiger partial charge is 0.289 e. The summed E-state index contributed by atoms with van der Waals surface area (Å²) >= 11 is 5.71. The summed E-state index contributed by atoms with van der Waals surface area (Å²) in [5.74, 6) is 0. The number of halogens is 1. The first-order valence-corrected chi connectivity index (χ1v) is 8.29. The van der Waals surface area contributed by atoms with Gasteiger partial charge in [-0.1, -0.05) is 11.6 Å². The molecule has 7 nitrogen and oxygen atoms in total. The van der Waals surface area contributed by atoms with Crippen LogP contribution in [0.15, 0.2) is 23.1 Å². The van der Waals surface area contributed by atoms with E-state index in [1.54, 1.807) is 0 Å². The lowest BCUT2D eigenvalue weighted by atomic mass is 10.2. The highest BCUT2D eigenvalue weighted by Gasteiger charge is 2.39. The number of hydrogen-bond donors (Lipinski definition) is 0. The Morgan fingerprint density at radius 2 is 1.90 bits per heavy atom. The Hall–Kier alpha value is -1.22. The van der Waals surface area contributed by atoms with Crippen LogP contribution in [0, 0.1) is 10.1 Å². The molecule has 1 aromatic rings. The molecule has 2 bridgehead atoms. The highest BCUT2D eigenvalue weighted by atomic mass is 35.5. The van der Waals surface area contributed by atoms with Crippen molar-refractivity contribution in [2.75, 3.05) is 13.1 Å². The summed E-state index contributed by atoms with van der Waals surface area (Å²) < 4.78 is 32.1. The van der Waals surface area contributed by atoms with E-state index in [1.807, 2.05) is 0 Å². The lowest BCUT2D eigenvalue weighted by Gasteiger charge is -2.31. The average molecular weight is 333 g/mol. The van der Waals surface area contributed by atoms with Gasteiger partial charge in [-0.25, -0.2) is 8.42 Å². The molecule has 0 aromatic heterocycles. The maximum Gasteiger partial charge on any atom is 0.289 e. The van der Waals surface area contributed by atoms with Gasteiger partial charge in [0.25, 0.3) is 5.69 Å². The Morgan fingerprint density at radius 3 is 2.48 bits per heavy atom. The Labute approximate surface area is 126 Å². The minimum Gasteiger partial charge on any atom is -0.372 e. The van der Waals surface area contributed by atoms with E-state index in [-0.39, 0.29) is 35.2 Å². The van der Waals surface area contributed by atoms with Gasteiger partial charge in [-0.3, -0.25) is 10.1 Å². The molecule has 9 heteroatoms. The number of sulfonamides is 1. The SMILES string of the molecule is O=[N+]([O-])c1cc(S(=O)(=O)N2CC3CCC(C2)O3)ccc1Cl. The van der Waals surface area contributed by atoms with Crippen molar-refractivity contribution in [2.45, 2.75) is 29.9 Å². The van der Waals surface area contributed by atoms with Crippen LogP contribution in [0.25, 0.3) is 0 Å². The van der Waals surface area contributed by atoms with Crippen molar-refractivity contribution >= 4 is 27.3 Å². The van der Waals surface area contributed by atoms with Crippen LogP contribution < -0.4 is 0 Å². The molecule has 0 N–H and O–H groups in total. The first kappa shape index (κ1) is 14.7. The molecule has 3 rings (SSSR count). The molecule has 2 heterocycles. The second-order valence-corrected chi connectivity index (χ2v) is 7.49. The largest absolute Gasteiger partial charge is 0.372 e. The highest BCUT2D eigenvalue weighted by Crippen LogP contribution is 2.32. The van der Waals surface area contributed by atoms with Crippen LogP contribution >= 0.6 is 11.6 Å². The first-order chi connectivity index (χ1) is 9.88. The van der Waals surface area contributed by atoms with E-state index in [4.69, 9.17) is 16.3 Å². The third-order valence-corrected chi connectivity index (χ3v) is 5.91. The van der Waals surface area contributed by atoms with Gasteiger partial charge >= 0.3 is 0 Å². The third-order valence-electron chi connectivity index (χ3n) is 3.76. The monoisotopic (exact) mass is 332 g/mol. The molecule has 2 aliphatic heterocycles. The van der Waals surface area contributed by atoms with Crippen molar-refractivity contribution in [3.63, 3.8) is 0 Å². The zero-order valence-corrected chi connectivity index (χ0v) is 12.5. The van der Waals surface area contributed by atoms with E-state index in [1.165, 1.54) is 16.4 Å². The van der Waals surface area contributed by atoms with E-state index >= 15 is 0 Å². The molecule has 114 valence electrons. The Balaban J connectivity index is 1.95. The van der Waals surface area contributed by atoms with Crippen LogP contribution in [0.5, 0.6) is 0 Å². The Morgan fingerprint density at radius 1 is 1.29 bits per heavy atom. The maximum absolute atomic E-state index is 12.6. The molecular formula is C12H13ClN2O5S. The maximum atomic E-state index is 12.6. The van der Waals surface area contributed by atoms with Crippen LogP contribution in [-0.4, -0.2) is 42.9 Å². The summed E-state index contributed by atoms with van der Waals surface area (Å²) in [6, 6.07) is 3.54. The quantitative estimate of drug-likeness (QED) is 0.622. The van der Waals surface area contributed by atoms with Gasteiger partial charge in [0.05, 0.1) is 22.0 Å². The summed E-state index contributed by atoms with van der Waals surface area (Å²) in [7, 11) is -3.77. The lowest BCUT2D eigenvalue weighted by Crippen LogP contribution is -2.45. The number of fused-ring (bicyclic) bond motifs is 2. The van der Waals surface area contributed by atoms with Crippen molar-refractivity contribution in [1.82, 2.24) is 4.31 Å². The summed E-state index contributed by atoms with van der Waals surface area (Å²) in [4.78, 5) is 10.1. The summed E-state index contributed by atoms with van der Waals surface area (Å²) in [5, 5.41) is 10.8. The average Bonchev–Trinajstić information content (AvgIpc) is 2.77. The van der Waals surface area contributed by atoms with Gasteiger partial charge in [0.15, 0.2) is 0 Å². The first-order valence-electron chi connectivity index (χ1n) is 6.47. The van der Waals surface area contributed by atoms with Crippen LogP contribution in [0.3, 0.4) is 0 Å². The highest BCUT2D eigenvalue weighted by molar-refractivity contribution is 7.89. The van der Waals surface area contributed by atoms with E-state index in [0.29, 0.717) is 0 Å². The molecule has 2 saturated heterocycles. The Kier molecular flexibility index (Phi) is 3.64. The van der Waals surface area contributed by atoms with E-state index in [9.17, 15) is 18.5 Å². The zero-order valence-electron chi connectivity index (χ0n) is 10.9. The van der Waals surface area contributed by atoms with E-state index in [0.717, 1.165) is 18.9 Å². The van der Waals surface area contributed by atoms with Crippen LogP contribution in [0.4, 0.5) is 5.69 Å². The molecule has 0 spiro atoms. The van der Waals surface area contributed by atoms with E-state index in [2.05, 4.69) is 0 Å². The number of rotatable bonds is 3. The van der Waals surface area contributed by atoms with Gasteiger partial charge in [-0.2, -0.15) is 4.31 Å². The summed E-state index contributed by atoms with van der Waals surface area (Å²) in [6.07, 6.45) is 1.52. The molecule has 1 aromatic carbocycles. The van der Waals surface area contributed by atoms with Crippen molar-refractivity contribution in [1.29, 1.82) is 0 Å². The molecule has 2 aliphatic rings. The fourth-order valence-electron chi connectivity index (χ4n) is 2.72. The topological polar surface area (TPSA) is 89.8 Å². The minimum atomic E-state index is -3.77. The molecule has 0 saturated carbocycles. The number of ether oxygens (including phenoxy) is 1. The normalized spacial score (nSPS) is 26.0. The molecule has 2 unspecified atom stereocenters. The fourth-order valence-corrected chi connectivity index (χ4v) is 4.43. The number of hydrogen-bond acceptors (Lipinski definition) is 5. The third kappa shape index (κ3) is 2.64.